The van der Waals surface area contributed by atoms with Gasteiger partial charge in [-0.25, -0.2) is 0 Å². The molecule has 2 aromatic carbocycles. The monoisotopic (exact) mass is 522 g/mol. The van der Waals surface area contributed by atoms with Gasteiger partial charge >= 0.3 is 5.97 Å². The molecule has 0 aliphatic carbocycles. The van der Waals surface area contributed by atoms with Gasteiger partial charge in [-0.1, -0.05) is 30.3 Å². The molecule has 2 heterocycles. The van der Waals surface area contributed by atoms with Crippen LogP contribution in [-0.4, -0.2) is 73.6 Å². The van der Waals surface area contributed by atoms with Crippen molar-refractivity contribution < 1.29 is 28.7 Å². The first-order valence-electron chi connectivity index (χ1n) is 12.8. The van der Waals surface area contributed by atoms with Gasteiger partial charge in [0.2, 0.25) is 18.1 Å². The van der Waals surface area contributed by atoms with Crippen LogP contribution in [0.3, 0.4) is 0 Å². The van der Waals surface area contributed by atoms with Crippen LogP contribution in [0.2, 0.25) is 0 Å². The summed E-state index contributed by atoms with van der Waals surface area (Å²) in [5.41, 5.74) is 2.31. The highest BCUT2D eigenvalue weighted by molar-refractivity contribution is 5.98. The largest absolute Gasteiger partial charge is 0.433 e. The van der Waals surface area contributed by atoms with E-state index < -0.39 is 30.4 Å². The number of rotatable bonds is 9. The third-order valence-corrected chi connectivity index (χ3v) is 6.75. The molecular formula is C28H34N4O6. The number of ether oxygens (including phenoxy) is 2. The van der Waals surface area contributed by atoms with Gasteiger partial charge in [-0.3, -0.25) is 19.2 Å². The minimum atomic E-state index is -0.908. The molecule has 0 radical (unpaired) electrons. The first kappa shape index (κ1) is 27.1. The van der Waals surface area contributed by atoms with Crippen LogP contribution < -0.4 is 15.5 Å². The van der Waals surface area contributed by atoms with Crippen LogP contribution in [0.25, 0.3) is 0 Å². The third-order valence-electron chi connectivity index (χ3n) is 6.75. The lowest BCUT2D eigenvalue weighted by Gasteiger charge is -2.28. The molecular weight excluding hydrogens is 488 g/mol. The fourth-order valence-corrected chi connectivity index (χ4v) is 4.64. The summed E-state index contributed by atoms with van der Waals surface area (Å²) in [6.45, 7) is 2.25. The van der Waals surface area contributed by atoms with Crippen LogP contribution in [0.5, 0.6) is 0 Å². The number of anilines is 1. The van der Waals surface area contributed by atoms with Crippen LogP contribution >= 0.6 is 0 Å². The number of benzene rings is 2. The average Bonchev–Trinajstić information content (AvgIpc) is 3.54. The van der Waals surface area contributed by atoms with Gasteiger partial charge in [-0.15, -0.1) is 0 Å². The van der Waals surface area contributed by atoms with Crippen molar-refractivity contribution >= 4 is 29.4 Å². The Labute approximate surface area is 222 Å². The van der Waals surface area contributed by atoms with Gasteiger partial charge in [0.15, 0.2) is 0 Å². The summed E-state index contributed by atoms with van der Waals surface area (Å²) in [6, 6.07) is 14.3. The maximum Gasteiger partial charge on any atom is 0.310 e. The zero-order valence-electron chi connectivity index (χ0n) is 21.9. The number of hydrogen-bond donors (Lipinski definition) is 2. The summed E-state index contributed by atoms with van der Waals surface area (Å²) < 4.78 is 11.0. The van der Waals surface area contributed by atoms with Crippen LogP contribution in [0.4, 0.5) is 5.69 Å². The molecule has 10 heteroatoms. The molecule has 2 N–H and O–H groups in total. The molecule has 2 aliphatic heterocycles. The van der Waals surface area contributed by atoms with Crippen molar-refractivity contribution in [3.63, 3.8) is 0 Å². The highest BCUT2D eigenvalue weighted by atomic mass is 16.7. The number of carbonyl (C=O) groups is 4. The molecule has 38 heavy (non-hydrogen) atoms. The van der Waals surface area contributed by atoms with Crippen molar-refractivity contribution in [1.29, 1.82) is 0 Å². The molecule has 2 saturated heterocycles. The number of amides is 3. The molecule has 0 bridgehead atoms. The van der Waals surface area contributed by atoms with Gasteiger partial charge in [0.1, 0.15) is 18.1 Å². The summed E-state index contributed by atoms with van der Waals surface area (Å²) >= 11 is 0. The fraction of sp³-hybridized carbons (Fsp3) is 0.429. The summed E-state index contributed by atoms with van der Waals surface area (Å²) in [5, 5.41) is 5.59. The SMILES string of the molecule is C[C@H](NC(=O)c1ccc(N(C)C)cc1)C(=O)N1CCC[C@H]1C(=O)NC1CC(=O)OC1OCc1ccccc1. The third kappa shape index (κ3) is 6.49. The van der Waals surface area contributed by atoms with Gasteiger partial charge in [0.05, 0.1) is 13.0 Å². The Bertz CT molecular complexity index is 1150. The van der Waals surface area contributed by atoms with E-state index in [0.717, 1.165) is 11.3 Å². The van der Waals surface area contributed by atoms with E-state index in [1.54, 1.807) is 19.1 Å². The van der Waals surface area contributed by atoms with Crippen molar-refractivity contribution in [3.05, 3.63) is 65.7 Å². The van der Waals surface area contributed by atoms with Crippen LogP contribution in [0.1, 0.15) is 42.1 Å². The van der Waals surface area contributed by atoms with E-state index in [4.69, 9.17) is 9.47 Å². The smallest absolute Gasteiger partial charge is 0.310 e. The van der Waals surface area contributed by atoms with Gasteiger partial charge in [-0.05, 0) is 49.6 Å². The lowest BCUT2D eigenvalue weighted by atomic mass is 10.1. The molecule has 0 saturated carbocycles. The maximum absolute atomic E-state index is 13.2. The van der Waals surface area contributed by atoms with Crippen molar-refractivity contribution in [2.24, 2.45) is 0 Å². The van der Waals surface area contributed by atoms with Crippen molar-refractivity contribution in [3.8, 4) is 0 Å². The summed E-state index contributed by atoms with van der Waals surface area (Å²) in [6.07, 6.45) is 0.228. The number of esters is 1. The summed E-state index contributed by atoms with van der Waals surface area (Å²) in [4.78, 5) is 54.5. The Balaban J connectivity index is 1.33. The Hall–Kier alpha value is -3.92. The van der Waals surface area contributed by atoms with E-state index >= 15 is 0 Å². The van der Waals surface area contributed by atoms with Gasteiger partial charge < -0.3 is 29.9 Å². The number of nitrogens with one attached hydrogen (secondary N) is 2. The van der Waals surface area contributed by atoms with Crippen LogP contribution in [0, 0.1) is 0 Å². The Morgan fingerprint density at radius 3 is 2.50 bits per heavy atom. The molecule has 202 valence electrons. The minimum Gasteiger partial charge on any atom is -0.433 e. The quantitative estimate of drug-likeness (QED) is 0.483. The summed E-state index contributed by atoms with van der Waals surface area (Å²) in [5.74, 6) is -1.53. The molecule has 10 nitrogen and oxygen atoms in total. The average molecular weight is 523 g/mol. The van der Waals surface area contributed by atoms with Crippen LogP contribution in [-0.2, 0) is 30.5 Å². The van der Waals surface area contributed by atoms with E-state index in [1.807, 2.05) is 61.5 Å². The van der Waals surface area contributed by atoms with Crippen molar-refractivity contribution in [2.75, 3.05) is 25.5 Å². The first-order chi connectivity index (χ1) is 18.2. The van der Waals surface area contributed by atoms with Gasteiger partial charge in [-0.2, -0.15) is 0 Å². The molecule has 2 fully saturated rings. The topological polar surface area (TPSA) is 117 Å². The standard InChI is InChI=1S/C28H34N4O6/c1-18(29-25(34)20-11-13-21(14-12-20)31(2)3)27(36)32-15-7-10-23(32)26(35)30-22-16-24(33)38-28(22)37-17-19-8-5-4-6-9-19/h4-6,8-9,11-14,18,22-23,28H,7,10,15-17H2,1-3H3,(H,29,34)(H,30,35)/t18-,22?,23-,28?/m0/s1. The highest BCUT2D eigenvalue weighted by Crippen LogP contribution is 2.22. The number of cyclic esters (lactones) is 1. The first-order valence-corrected chi connectivity index (χ1v) is 12.8. The number of nitrogens with zero attached hydrogens (tertiary/aromatic N) is 2. The van der Waals surface area contributed by atoms with Crippen molar-refractivity contribution in [2.45, 2.75) is 57.2 Å². The fourth-order valence-electron chi connectivity index (χ4n) is 4.64. The lowest BCUT2D eigenvalue weighted by Crippen LogP contribution is -2.54. The van der Waals surface area contributed by atoms with E-state index in [-0.39, 0.29) is 30.7 Å². The Morgan fingerprint density at radius 1 is 1.11 bits per heavy atom. The number of likely N-dealkylation sites (tertiary alicyclic amines) is 1. The Morgan fingerprint density at radius 2 is 1.82 bits per heavy atom. The lowest BCUT2D eigenvalue weighted by molar-refractivity contribution is -0.168. The molecule has 0 spiro atoms. The van der Waals surface area contributed by atoms with E-state index in [0.29, 0.717) is 24.9 Å². The molecule has 3 amide bonds. The second-order valence-electron chi connectivity index (χ2n) is 9.80. The van der Waals surface area contributed by atoms with E-state index in [1.165, 1.54) is 4.90 Å². The van der Waals surface area contributed by atoms with Gasteiger partial charge in [0.25, 0.3) is 5.91 Å². The number of hydrogen-bond acceptors (Lipinski definition) is 7. The molecule has 0 aromatic heterocycles. The zero-order valence-corrected chi connectivity index (χ0v) is 21.9. The molecule has 2 aliphatic rings. The molecule has 2 aromatic rings. The normalized spacial score (nSPS) is 21.5. The summed E-state index contributed by atoms with van der Waals surface area (Å²) in [7, 11) is 3.82. The van der Waals surface area contributed by atoms with E-state index in [9.17, 15) is 19.2 Å². The second kappa shape index (κ2) is 12.1. The second-order valence-corrected chi connectivity index (χ2v) is 9.80. The Kier molecular flexibility index (Phi) is 8.62. The van der Waals surface area contributed by atoms with E-state index in [2.05, 4.69) is 10.6 Å². The predicted octanol–water partition coefficient (Wildman–Crippen LogP) is 1.84. The molecule has 4 rings (SSSR count). The highest BCUT2D eigenvalue weighted by Gasteiger charge is 2.41. The molecule has 2 unspecified atom stereocenters. The van der Waals surface area contributed by atoms with Crippen molar-refractivity contribution in [1.82, 2.24) is 15.5 Å². The number of carbonyl (C=O) groups excluding carboxylic acids is 4. The van der Waals surface area contributed by atoms with Crippen LogP contribution in [0.15, 0.2) is 54.6 Å². The van der Waals surface area contributed by atoms with Gasteiger partial charge in [0, 0.05) is 31.9 Å². The molecule has 4 atom stereocenters. The maximum atomic E-state index is 13.2. The minimum absolute atomic E-state index is 0.00899. The predicted molar refractivity (Wildman–Crippen MR) is 140 cm³/mol. The zero-order chi connectivity index (χ0) is 27.2.